The van der Waals surface area contributed by atoms with Crippen LogP contribution in [0.2, 0.25) is 5.02 Å². The molecule has 0 spiro atoms. The van der Waals surface area contributed by atoms with E-state index in [1.54, 1.807) is 0 Å². The number of benzene rings is 1. The van der Waals surface area contributed by atoms with Gasteiger partial charge >= 0.3 is 0 Å². The normalized spacial score (nSPS) is 15.9. The first kappa shape index (κ1) is 17.2. The number of thiocarbonyl (C=S) groups is 1. The number of nitrogens with zero attached hydrogens (tertiary/aromatic N) is 1. The molecule has 1 saturated carbocycles. The largest absolute Gasteiger partial charge is 0.362 e. The van der Waals surface area contributed by atoms with Gasteiger partial charge in [0.05, 0.1) is 0 Å². The van der Waals surface area contributed by atoms with Crippen LogP contribution < -0.4 is 10.6 Å². The minimum absolute atomic E-state index is 0.135. The van der Waals surface area contributed by atoms with Crippen molar-refractivity contribution in [3.63, 3.8) is 0 Å². The summed E-state index contributed by atoms with van der Waals surface area (Å²) in [4.78, 5) is 4.42. The van der Waals surface area contributed by atoms with Gasteiger partial charge in [-0.3, -0.25) is 0 Å². The zero-order chi connectivity index (χ0) is 17.0. The number of hydrogen-bond acceptors (Lipinski definition) is 2. The zero-order valence-corrected chi connectivity index (χ0v) is 15.4. The monoisotopic (exact) mass is 359 g/mol. The van der Waals surface area contributed by atoms with E-state index in [1.165, 1.54) is 31.2 Å². The molecule has 2 N–H and O–H groups in total. The lowest BCUT2D eigenvalue weighted by Gasteiger charge is -2.30. The second-order valence-electron chi connectivity index (χ2n) is 6.47. The van der Waals surface area contributed by atoms with E-state index in [0.29, 0.717) is 5.11 Å². The molecule has 3 rings (SSSR count). The summed E-state index contributed by atoms with van der Waals surface area (Å²) in [6.45, 7) is 2.79. The van der Waals surface area contributed by atoms with Crippen molar-refractivity contribution in [2.75, 3.05) is 11.9 Å². The van der Waals surface area contributed by atoms with Gasteiger partial charge in [-0.2, -0.15) is 0 Å². The smallest absolute Gasteiger partial charge is 0.171 e. The van der Waals surface area contributed by atoms with Crippen molar-refractivity contribution in [3.05, 3.63) is 58.7 Å². The molecule has 1 heterocycles. The molecule has 0 radical (unpaired) electrons. The van der Waals surface area contributed by atoms with Gasteiger partial charge in [-0.15, -0.1) is 0 Å². The van der Waals surface area contributed by atoms with Crippen LogP contribution in [0.25, 0.3) is 0 Å². The molecule has 1 aromatic heterocycles. The third-order valence-corrected chi connectivity index (χ3v) is 5.23. The Bertz CT molecular complexity index is 709. The molecule has 0 amide bonds. The lowest BCUT2D eigenvalue weighted by molar-refractivity contribution is 0.435. The molecule has 5 heteroatoms. The minimum Gasteiger partial charge on any atom is -0.362 e. The van der Waals surface area contributed by atoms with Crippen molar-refractivity contribution in [2.45, 2.75) is 38.0 Å². The SMILES string of the molecule is Cc1cccc(NC(=S)NCC2(c3ccc(Cl)cc3)CCCC2)n1. The molecule has 3 nitrogen and oxygen atoms in total. The fourth-order valence-corrected chi connectivity index (χ4v) is 3.75. The van der Waals surface area contributed by atoms with E-state index in [0.717, 1.165) is 23.1 Å². The van der Waals surface area contributed by atoms with Crippen molar-refractivity contribution < 1.29 is 0 Å². The number of pyridine rings is 1. The summed E-state index contributed by atoms with van der Waals surface area (Å²) in [5, 5.41) is 7.97. The van der Waals surface area contributed by atoms with E-state index in [-0.39, 0.29) is 5.41 Å². The van der Waals surface area contributed by atoms with Gasteiger partial charge in [0.25, 0.3) is 0 Å². The quantitative estimate of drug-likeness (QED) is 0.766. The molecule has 0 atom stereocenters. The molecule has 1 aromatic carbocycles. The minimum atomic E-state index is 0.135. The molecule has 24 heavy (non-hydrogen) atoms. The van der Waals surface area contributed by atoms with Crippen LogP contribution in [0.1, 0.15) is 36.9 Å². The molecule has 1 aliphatic rings. The van der Waals surface area contributed by atoms with Crippen molar-refractivity contribution in [1.29, 1.82) is 0 Å². The van der Waals surface area contributed by atoms with E-state index >= 15 is 0 Å². The molecule has 0 bridgehead atoms. The fourth-order valence-electron chi connectivity index (χ4n) is 3.45. The van der Waals surface area contributed by atoms with Crippen LogP contribution in [0.15, 0.2) is 42.5 Å². The van der Waals surface area contributed by atoms with E-state index in [1.807, 2.05) is 37.3 Å². The molecule has 126 valence electrons. The highest BCUT2D eigenvalue weighted by Crippen LogP contribution is 2.40. The van der Waals surface area contributed by atoms with Gasteiger partial charge in [0.1, 0.15) is 5.82 Å². The van der Waals surface area contributed by atoms with Crippen molar-refractivity contribution in [1.82, 2.24) is 10.3 Å². The Kier molecular flexibility index (Phi) is 5.36. The number of rotatable bonds is 4. The van der Waals surface area contributed by atoms with Gasteiger partial charge in [-0.05, 0) is 61.8 Å². The highest BCUT2D eigenvalue weighted by Gasteiger charge is 2.35. The maximum atomic E-state index is 6.04. The molecule has 0 saturated heterocycles. The average molecular weight is 360 g/mol. The maximum absolute atomic E-state index is 6.04. The zero-order valence-electron chi connectivity index (χ0n) is 13.8. The number of nitrogens with one attached hydrogen (secondary N) is 2. The molecular formula is C19H22ClN3S. The average Bonchev–Trinajstić information content (AvgIpc) is 3.04. The molecule has 2 aromatic rings. The van der Waals surface area contributed by atoms with Gasteiger partial charge < -0.3 is 10.6 Å². The Hall–Kier alpha value is -1.65. The predicted molar refractivity (Wildman–Crippen MR) is 105 cm³/mol. The van der Waals surface area contributed by atoms with Gasteiger partial charge in [0.2, 0.25) is 0 Å². The topological polar surface area (TPSA) is 37.0 Å². The van der Waals surface area contributed by atoms with Crippen molar-refractivity contribution in [3.8, 4) is 0 Å². The molecule has 0 aliphatic heterocycles. The molecule has 1 fully saturated rings. The molecule has 0 unspecified atom stereocenters. The highest BCUT2D eigenvalue weighted by atomic mass is 35.5. The van der Waals surface area contributed by atoms with Gasteiger partial charge in [-0.25, -0.2) is 4.98 Å². The predicted octanol–water partition coefficient (Wildman–Crippen LogP) is 4.84. The Morgan fingerprint density at radius 1 is 1.17 bits per heavy atom. The van der Waals surface area contributed by atoms with Crippen LogP contribution in [-0.2, 0) is 5.41 Å². The lowest BCUT2D eigenvalue weighted by atomic mass is 9.79. The fraction of sp³-hybridized carbons (Fsp3) is 0.368. The Morgan fingerprint density at radius 3 is 2.54 bits per heavy atom. The maximum Gasteiger partial charge on any atom is 0.171 e. The Labute approximate surface area is 153 Å². The summed E-state index contributed by atoms with van der Waals surface area (Å²) in [6.07, 6.45) is 4.85. The summed E-state index contributed by atoms with van der Waals surface area (Å²) in [7, 11) is 0. The van der Waals surface area contributed by atoms with Crippen molar-refractivity contribution >= 4 is 34.7 Å². The van der Waals surface area contributed by atoms with Crippen LogP contribution in [0.4, 0.5) is 5.82 Å². The first-order valence-corrected chi connectivity index (χ1v) is 9.11. The van der Waals surface area contributed by atoms with E-state index in [2.05, 4.69) is 27.8 Å². The summed E-state index contributed by atoms with van der Waals surface area (Å²) in [6, 6.07) is 14.1. The second-order valence-corrected chi connectivity index (χ2v) is 7.31. The number of halogens is 1. The van der Waals surface area contributed by atoms with Gasteiger partial charge in [-0.1, -0.05) is 42.6 Å². The van der Waals surface area contributed by atoms with Crippen LogP contribution in [0.3, 0.4) is 0 Å². The highest BCUT2D eigenvalue weighted by molar-refractivity contribution is 7.80. The van der Waals surface area contributed by atoms with E-state index in [9.17, 15) is 0 Å². The van der Waals surface area contributed by atoms with Gasteiger partial charge in [0.15, 0.2) is 5.11 Å². The molecule has 1 aliphatic carbocycles. The lowest BCUT2D eigenvalue weighted by Crippen LogP contribution is -2.40. The first-order valence-electron chi connectivity index (χ1n) is 8.32. The number of aromatic nitrogens is 1. The summed E-state index contributed by atoms with van der Waals surface area (Å²) in [5.41, 5.74) is 2.45. The van der Waals surface area contributed by atoms with E-state index in [4.69, 9.17) is 23.8 Å². The number of hydrogen-bond donors (Lipinski definition) is 2. The second kappa shape index (κ2) is 7.49. The third kappa shape index (κ3) is 4.05. The van der Waals surface area contributed by atoms with Crippen LogP contribution >= 0.6 is 23.8 Å². The summed E-state index contributed by atoms with van der Waals surface area (Å²) >= 11 is 11.5. The van der Waals surface area contributed by atoms with E-state index < -0.39 is 0 Å². The first-order chi connectivity index (χ1) is 11.6. The van der Waals surface area contributed by atoms with Crippen molar-refractivity contribution in [2.24, 2.45) is 0 Å². The summed E-state index contributed by atoms with van der Waals surface area (Å²) < 4.78 is 0. The van der Waals surface area contributed by atoms with Crippen LogP contribution in [-0.4, -0.2) is 16.6 Å². The van der Waals surface area contributed by atoms with Gasteiger partial charge in [0, 0.05) is 22.7 Å². The van der Waals surface area contributed by atoms with Crippen LogP contribution in [0.5, 0.6) is 0 Å². The molecular weight excluding hydrogens is 338 g/mol. The number of aryl methyl sites for hydroxylation is 1. The third-order valence-electron chi connectivity index (χ3n) is 4.73. The summed E-state index contributed by atoms with van der Waals surface area (Å²) in [5.74, 6) is 0.777. The van der Waals surface area contributed by atoms with Crippen LogP contribution in [0, 0.1) is 6.92 Å². The number of anilines is 1. The standard InChI is InChI=1S/C19H22ClN3S/c1-14-5-4-6-17(22-14)23-18(24)21-13-19(11-2-3-12-19)15-7-9-16(20)10-8-15/h4-10H,2-3,11-13H2,1H3,(H2,21,22,23,24). The Morgan fingerprint density at radius 2 is 1.88 bits per heavy atom. The Balaban J connectivity index is 1.66.